The molecule has 16 heavy (non-hydrogen) atoms. The summed E-state index contributed by atoms with van der Waals surface area (Å²) in [5.74, 6) is 0. The zero-order chi connectivity index (χ0) is 12.0. The Morgan fingerprint density at radius 3 is 2.75 bits per heavy atom. The Hall–Kier alpha value is -0.500. The molecule has 1 rings (SSSR count). The monoisotopic (exact) mass is 263 g/mol. The number of rotatable bonds is 7. The normalized spacial score (nSPS) is 11.9. The fraction of sp³-hybridized carbons (Fsp3) is 0.667. The first kappa shape index (κ1) is 13.6. The quantitative estimate of drug-likeness (QED) is 0.696. The maximum atomic E-state index is 10.8. The van der Waals surface area contributed by atoms with E-state index in [4.69, 9.17) is 0 Å². The van der Waals surface area contributed by atoms with Gasteiger partial charge in [-0.05, 0) is 6.42 Å². The Morgan fingerprint density at radius 2 is 2.19 bits per heavy atom. The van der Waals surface area contributed by atoms with Crippen LogP contribution < -0.4 is 10.0 Å². The average molecular weight is 263 g/mol. The Kier molecular flexibility index (Phi) is 5.33. The largest absolute Gasteiger partial charge is 0.310 e. The van der Waals surface area contributed by atoms with Gasteiger partial charge in [-0.3, -0.25) is 0 Å². The van der Waals surface area contributed by atoms with Crippen LogP contribution in [-0.4, -0.2) is 32.7 Å². The number of nitrogens with zero attached hydrogens (tertiary/aromatic N) is 1. The first-order valence-corrected chi connectivity index (χ1v) is 7.81. The zero-order valence-electron chi connectivity index (χ0n) is 9.49. The Labute approximate surface area is 100 Å². The number of aryl methyl sites for hydroxylation is 1. The summed E-state index contributed by atoms with van der Waals surface area (Å²) >= 11 is 1.68. The van der Waals surface area contributed by atoms with Crippen LogP contribution in [0.25, 0.3) is 0 Å². The summed E-state index contributed by atoms with van der Waals surface area (Å²) in [6, 6.07) is 0. The lowest BCUT2D eigenvalue weighted by Crippen LogP contribution is -2.30. The van der Waals surface area contributed by atoms with Gasteiger partial charge in [-0.15, -0.1) is 11.3 Å². The topological polar surface area (TPSA) is 71.1 Å². The lowest BCUT2D eigenvalue weighted by molar-refractivity contribution is 0.582. The molecule has 92 valence electrons. The zero-order valence-corrected chi connectivity index (χ0v) is 11.1. The molecule has 1 heterocycles. The maximum Gasteiger partial charge on any atom is 0.208 e. The van der Waals surface area contributed by atoms with Crippen molar-refractivity contribution in [1.82, 2.24) is 15.0 Å². The molecule has 0 radical (unpaired) electrons. The van der Waals surface area contributed by atoms with Gasteiger partial charge in [0.15, 0.2) is 0 Å². The molecule has 0 unspecified atom stereocenters. The number of nitrogens with one attached hydrogen (secondary N) is 2. The van der Waals surface area contributed by atoms with Gasteiger partial charge >= 0.3 is 0 Å². The summed E-state index contributed by atoms with van der Waals surface area (Å²) in [5, 5.41) is 4.29. The minimum absolute atomic E-state index is 0.415. The van der Waals surface area contributed by atoms with Gasteiger partial charge in [-0.1, -0.05) is 6.92 Å². The highest BCUT2D eigenvalue weighted by atomic mass is 32.2. The van der Waals surface area contributed by atoms with Crippen LogP contribution in [0.1, 0.15) is 16.8 Å². The number of hydrogen-bond acceptors (Lipinski definition) is 5. The lowest BCUT2D eigenvalue weighted by Gasteiger charge is -2.03. The molecule has 0 spiro atoms. The van der Waals surface area contributed by atoms with Gasteiger partial charge in [0.25, 0.3) is 0 Å². The molecular formula is C9H17N3O2S2. The van der Waals surface area contributed by atoms with Crippen LogP contribution in [0.2, 0.25) is 0 Å². The Bertz CT molecular complexity index is 414. The molecule has 0 aliphatic rings. The highest BCUT2D eigenvalue weighted by molar-refractivity contribution is 7.88. The number of hydrogen-bond donors (Lipinski definition) is 2. The van der Waals surface area contributed by atoms with Gasteiger partial charge < -0.3 is 5.32 Å². The second kappa shape index (κ2) is 6.29. The van der Waals surface area contributed by atoms with E-state index in [-0.39, 0.29) is 0 Å². The molecule has 0 bridgehead atoms. The van der Waals surface area contributed by atoms with Gasteiger partial charge in [0.05, 0.1) is 11.3 Å². The van der Waals surface area contributed by atoms with Gasteiger partial charge in [0, 0.05) is 30.7 Å². The van der Waals surface area contributed by atoms with Crippen LogP contribution in [0.4, 0.5) is 0 Å². The molecule has 2 N–H and O–H groups in total. The van der Waals surface area contributed by atoms with E-state index in [2.05, 4.69) is 21.9 Å². The summed E-state index contributed by atoms with van der Waals surface area (Å²) in [4.78, 5) is 5.42. The molecule has 0 saturated carbocycles. The van der Waals surface area contributed by atoms with Crippen molar-refractivity contribution < 1.29 is 8.42 Å². The molecule has 0 aliphatic heterocycles. The SMILES string of the molecule is CCc1ncc(CNCCNS(C)(=O)=O)s1. The van der Waals surface area contributed by atoms with E-state index in [1.165, 1.54) is 4.88 Å². The second-order valence-corrected chi connectivity index (χ2v) is 6.45. The first-order chi connectivity index (χ1) is 7.51. The summed E-state index contributed by atoms with van der Waals surface area (Å²) in [6.07, 6.45) is 3.98. The molecular weight excluding hydrogens is 246 g/mol. The molecule has 0 saturated heterocycles. The standard InChI is InChI=1S/C9H17N3O2S2/c1-3-9-11-7-8(15-9)6-10-4-5-12-16(2,13)14/h7,10,12H,3-6H2,1-2H3. The number of thiazole rings is 1. The van der Waals surface area contributed by atoms with Crippen molar-refractivity contribution in [1.29, 1.82) is 0 Å². The van der Waals surface area contributed by atoms with Crippen molar-refractivity contribution in [3.8, 4) is 0 Å². The molecule has 7 heteroatoms. The summed E-state index contributed by atoms with van der Waals surface area (Å²) in [7, 11) is -3.07. The van der Waals surface area contributed by atoms with Crippen LogP contribution in [0.5, 0.6) is 0 Å². The number of aromatic nitrogens is 1. The minimum Gasteiger partial charge on any atom is -0.310 e. The van der Waals surface area contributed by atoms with Crippen LogP contribution >= 0.6 is 11.3 Å². The van der Waals surface area contributed by atoms with Crippen molar-refractivity contribution in [3.63, 3.8) is 0 Å². The highest BCUT2D eigenvalue weighted by Gasteiger charge is 2.01. The molecule has 5 nitrogen and oxygen atoms in total. The summed E-state index contributed by atoms with van der Waals surface area (Å²) in [5.41, 5.74) is 0. The molecule has 0 amide bonds. The predicted octanol–water partition coefficient (Wildman–Crippen LogP) is 0.344. The van der Waals surface area contributed by atoms with Crippen molar-refractivity contribution in [3.05, 3.63) is 16.1 Å². The van der Waals surface area contributed by atoms with Crippen molar-refractivity contribution >= 4 is 21.4 Å². The fourth-order valence-corrected chi connectivity index (χ4v) is 2.43. The van der Waals surface area contributed by atoms with Crippen LogP contribution in [0.3, 0.4) is 0 Å². The van der Waals surface area contributed by atoms with Crippen molar-refractivity contribution in [2.75, 3.05) is 19.3 Å². The lowest BCUT2D eigenvalue weighted by atomic mass is 10.5. The molecule has 0 atom stereocenters. The van der Waals surface area contributed by atoms with E-state index in [9.17, 15) is 8.42 Å². The maximum absolute atomic E-state index is 10.8. The average Bonchev–Trinajstić information content (AvgIpc) is 2.63. The van der Waals surface area contributed by atoms with E-state index < -0.39 is 10.0 Å². The predicted molar refractivity (Wildman–Crippen MR) is 66.0 cm³/mol. The van der Waals surface area contributed by atoms with E-state index in [0.29, 0.717) is 13.1 Å². The summed E-state index contributed by atoms with van der Waals surface area (Å²) in [6.45, 7) is 3.85. The Morgan fingerprint density at radius 1 is 1.44 bits per heavy atom. The third kappa shape index (κ3) is 5.55. The van der Waals surface area contributed by atoms with Crippen molar-refractivity contribution in [2.24, 2.45) is 0 Å². The van der Waals surface area contributed by atoms with E-state index >= 15 is 0 Å². The van der Waals surface area contributed by atoms with Gasteiger partial charge in [0.2, 0.25) is 10.0 Å². The molecule has 1 aromatic heterocycles. The minimum atomic E-state index is -3.07. The van der Waals surface area contributed by atoms with Gasteiger partial charge in [-0.2, -0.15) is 0 Å². The molecule has 0 aliphatic carbocycles. The van der Waals surface area contributed by atoms with E-state index in [0.717, 1.165) is 24.2 Å². The van der Waals surface area contributed by atoms with Crippen LogP contribution in [0.15, 0.2) is 6.20 Å². The van der Waals surface area contributed by atoms with Gasteiger partial charge in [0.1, 0.15) is 0 Å². The third-order valence-corrected chi connectivity index (χ3v) is 3.74. The van der Waals surface area contributed by atoms with E-state index in [1.54, 1.807) is 11.3 Å². The first-order valence-electron chi connectivity index (χ1n) is 5.10. The van der Waals surface area contributed by atoms with Crippen LogP contribution in [0, 0.1) is 0 Å². The van der Waals surface area contributed by atoms with Crippen LogP contribution in [-0.2, 0) is 23.0 Å². The number of sulfonamides is 1. The second-order valence-electron chi connectivity index (χ2n) is 3.42. The molecule has 0 aromatic carbocycles. The molecule has 0 fully saturated rings. The fourth-order valence-electron chi connectivity index (χ4n) is 1.13. The highest BCUT2D eigenvalue weighted by Crippen LogP contribution is 2.12. The Balaban J connectivity index is 2.16. The summed E-state index contributed by atoms with van der Waals surface area (Å²) < 4.78 is 23.9. The third-order valence-electron chi connectivity index (χ3n) is 1.87. The van der Waals surface area contributed by atoms with Crippen molar-refractivity contribution in [2.45, 2.75) is 19.9 Å². The van der Waals surface area contributed by atoms with E-state index in [1.807, 2.05) is 6.20 Å². The molecule has 1 aromatic rings. The van der Waals surface area contributed by atoms with Gasteiger partial charge in [-0.25, -0.2) is 18.1 Å². The smallest absolute Gasteiger partial charge is 0.208 e.